The topological polar surface area (TPSA) is 42.2 Å². The Labute approximate surface area is 112 Å². The first-order valence-electron chi connectivity index (χ1n) is 6.04. The van der Waals surface area contributed by atoms with Gasteiger partial charge in [-0.1, -0.05) is 18.2 Å². The second-order valence-electron chi connectivity index (χ2n) is 4.56. The molecule has 0 bridgehead atoms. The summed E-state index contributed by atoms with van der Waals surface area (Å²) in [7, 11) is 2.08. The molecule has 0 spiro atoms. The molecule has 4 heteroatoms. The summed E-state index contributed by atoms with van der Waals surface area (Å²) in [6.45, 7) is 4.86. The number of nitrogens with zero attached hydrogens (tertiary/aromatic N) is 2. The fraction of sp³-hybridized carbons (Fsp3) is 0.357. The average molecular weight is 261 g/mol. The molecule has 0 fully saturated rings. The Balaban J connectivity index is 2.20. The molecule has 0 saturated carbocycles. The highest BCUT2D eigenvalue weighted by Gasteiger charge is 2.11. The number of hydrogen-bond acceptors (Lipinski definition) is 4. The van der Waals surface area contributed by atoms with E-state index < -0.39 is 0 Å². The number of para-hydroxylation sites is 1. The van der Waals surface area contributed by atoms with Gasteiger partial charge >= 0.3 is 0 Å². The van der Waals surface area contributed by atoms with Crippen LogP contribution in [0.2, 0.25) is 0 Å². The first-order valence-corrected chi connectivity index (χ1v) is 6.92. The molecule has 1 atom stereocenters. The molecule has 1 heterocycles. The van der Waals surface area contributed by atoms with Crippen molar-refractivity contribution in [2.24, 2.45) is 5.73 Å². The number of benzene rings is 1. The maximum absolute atomic E-state index is 6.01. The first kappa shape index (κ1) is 13.1. The Hall–Kier alpha value is -1.39. The zero-order valence-corrected chi connectivity index (χ0v) is 11.9. The third-order valence-corrected chi connectivity index (χ3v) is 3.73. The predicted molar refractivity (Wildman–Crippen MR) is 78.0 cm³/mol. The molecule has 1 aromatic carbocycles. The third kappa shape index (κ3) is 2.89. The summed E-state index contributed by atoms with van der Waals surface area (Å²) < 4.78 is 0. The van der Waals surface area contributed by atoms with E-state index in [-0.39, 0.29) is 6.04 Å². The fourth-order valence-corrected chi connectivity index (χ4v) is 2.63. The molecule has 0 aliphatic carbocycles. The smallest absolute Gasteiger partial charge is 0.0898 e. The number of hydrogen-bond donors (Lipinski definition) is 1. The second-order valence-corrected chi connectivity index (χ2v) is 5.62. The van der Waals surface area contributed by atoms with Crippen LogP contribution < -0.4 is 10.6 Å². The van der Waals surface area contributed by atoms with Gasteiger partial charge < -0.3 is 10.6 Å². The molecule has 1 unspecified atom stereocenters. The van der Waals surface area contributed by atoms with Crippen molar-refractivity contribution in [1.29, 1.82) is 0 Å². The molecule has 96 valence electrons. The lowest BCUT2D eigenvalue weighted by Gasteiger charge is -2.23. The van der Waals surface area contributed by atoms with Crippen LogP contribution in [0.25, 0.3) is 0 Å². The van der Waals surface area contributed by atoms with Gasteiger partial charge in [-0.3, -0.25) is 0 Å². The second kappa shape index (κ2) is 5.50. The normalized spacial score (nSPS) is 12.4. The van der Waals surface area contributed by atoms with Crippen molar-refractivity contribution in [2.75, 3.05) is 11.9 Å². The maximum Gasteiger partial charge on any atom is 0.0898 e. The monoisotopic (exact) mass is 261 g/mol. The van der Waals surface area contributed by atoms with Crippen molar-refractivity contribution in [3.8, 4) is 0 Å². The van der Waals surface area contributed by atoms with Crippen molar-refractivity contribution in [1.82, 2.24) is 4.98 Å². The van der Waals surface area contributed by atoms with Crippen molar-refractivity contribution in [3.63, 3.8) is 0 Å². The van der Waals surface area contributed by atoms with Gasteiger partial charge in [-0.05, 0) is 25.5 Å². The van der Waals surface area contributed by atoms with E-state index in [0.717, 1.165) is 17.2 Å². The van der Waals surface area contributed by atoms with Gasteiger partial charge in [-0.15, -0.1) is 11.3 Å². The minimum absolute atomic E-state index is 0.0424. The minimum Gasteiger partial charge on any atom is -0.368 e. The SMILES string of the molecule is Cc1nc(CN(C)c2ccccc2C(C)N)cs1. The van der Waals surface area contributed by atoms with E-state index in [9.17, 15) is 0 Å². The molecule has 2 N–H and O–H groups in total. The number of rotatable bonds is 4. The number of nitrogens with two attached hydrogens (primary N) is 1. The summed E-state index contributed by atoms with van der Waals surface area (Å²) in [4.78, 5) is 6.70. The lowest BCUT2D eigenvalue weighted by Crippen LogP contribution is -2.20. The number of anilines is 1. The Kier molecular flexibility index (Phi) is 3.99. The summed E-state index contributed by atoms with van der Waals surface area (Å²) in [5.74, 6) is 0. The highest BCUT2D eigenvalue weighted by Crippen LogP contribution is 2.25. The Morgan fingerprint density at radius 3 is 2.72 bits per heavy atom. The zero-order valence-electron chi connectivity index (χ0n) is 11.1. The van der Waals surface area contributed by atoms with Gasteiger partial charge in [0.2, 0.25) is 0 Å². The minimum atomic E-state index is 0.0424. The Morgan fingerprint density at radius 2 is 2.11 bits per heavy atom. The van der Waals surface area contributed by atoms with Crippen LogP contribution in [-0.4, -0.2) is 12.0 Å². The quantitative estimate of drug-likeness (QED) is 0.919. The van der Waals surface area contributed by atoms with E-state index in [0.29, 0.717) is 0 Å². The summed E-state index contributed by atoms with van der Waals surface area (Å²) in [6, 6.07) is 8.31. The summed E-state index contributed by atoms with van der Waals surface area (Å²) >= 11 is 1.69. The Morgan fingerprint density at radius 1 is 1.39 bits per heavy atom. The van der Waals surface area contributed by atoms with Gasteiger partial charge in [0.1, 0.15) is 0 Å². The Bertz CT molecular complexity index is 519. The van der Waals surface area contributed by atoms with E-state index in [4.69, 9.17) is 5.73 Å². The van der Waals surface area contributed by atoms with E-state index in [1.165, 1.54) is 11.3 Å². The molecule has 0 amide bonds. The highest BCUT2D eigenvalue weighted by molar-refractivity contribution is 7.09. The average Bonchev–Trinajstić information content (AvgIpc) is 2.74. The van der Waals surface area contributed by atoms with Crippen LogP contribution in [0.5, 0.6) is 0 Å². The van der Waals surface area contributed by atoms with E-state index in [2.05, 4.69) is 34.4 Å². The summed E-state index contributed by atoms with van der Waals surface area (Å²) in [6.07, 6.45) is 0. The summed E-state index contributed by atoms with van der Waals surface area (Å²) in [5, 5.41) is 3.22. The van der Waals surface area contributed by atoms with Gasteiger partial charge in [-0.2, -0.15) is 0 Å². The van der Waals surface area contributed by atoms with Crippen molar-refractivity contribution < 1.29 is 0 Å². The molecule has 1 aromatic heterocycles. The fourth-order valence-electron chi connectivity index (χ4n) is 2.03. The molecule has 2 rings (SSSR count). The molecule has 0 aliphatic heterocycles. The lowest BCUT2D eigenvalue weighted by atomic mass is 10.1. The molecule has 3 nitrogen and oxygen atoms in total. The third-order valence-electron chi connectivity index (χ3n) is 2.90. The van der Waals surface area contributed by atoms with Crippen molar-refractivity contribution in [3.05, 3.63) is 45.9 Å². The molecule has 0 radical (unpaired) electrons. The van der Waals surface area contributed by atoms with Gasteiger partial charge in [0.15, 0.2) is 0 Å². The summed E-state index contributed by atoms with van der Waals surface area (Å²) in [5.41, 5.74) is 9.47. The molecule has 0 aliphatic rings. The maximum atomic E-state index is 6.01. The van der Waals surface area contributed by atoms with Gasteiger partial charge in [-0.25, -0.2) is 4.98 Å². The standard InChI is InChI=1S/C14H19N3S/c1-10(15)13-6-4-5-7-14(13)17(3)8-12-9-18-11(2)16-12/h4-7,9-10H,8,15H2,1-3H3. The van der Waals surface area contributed by atoms with E-state index >= 15 is 0 Å². The number of thiazole rings is 1. The molecular formula is C14H19N3S. The predicted octanol–water partition coefficient (Wildman–Crippen LogP) is 3.11. The van der Waals surface area contributed by atoms with Crippen LogP contribution in [0.15, 0.2) is 29.6 Å². The number of aryl methyl sites for hydroxylation is 1. The van der Waals surface area contributed by atoms with Crippen LogP contribution in [0, 0.1) is 6.92 Å². The first-order chi connectivity index (χ1) is 8.58. The van der Waals surface area contributed by atoms with Gasteiger partial charge in [0.05, 0.1) is 17.2 Å². The molecule has 18 heavy (non-hydrogen) atoms. The zero-order chi connectivity index (χ0) is 13.1. The van der Waals surface area contributed by atoms with Crippen LogP contribution in [-0.2, 0) is 6.54 Å². The molecular weight excluding hydrogens is 242 g/mol. The van der Waals surface area contributed by atoms with Crippen LogP contribution >= 0.6 is 11.3 Å². The highest BCUT2D eigenvalue weighted by atomic mass is 32.1. The van der Waals surface area contributed by atoms with Crippen LogP contribution in [0.4, 0.5) is 5.69 Å². The van der Waals surface area contributed by atoms with Crippen molar-refractivity contribution >= 4 is 17.0 Å². The number of aromatic nitrogens is 1. The van der Waals surface area contributed by atoms with E-state index in [1.807, 2.05) is 26.0 Å². The van der Waals surface area contributed by atoms with Crippen LogP contribution in [0.1, 0.15) is 29.2 Å². The van der Waals surface area contributed by atoms with Crippen LogP contribution in [0.3, 0.4) is 0 Å². The lowest BCUT2D eigenvalue weighted by molar-refractivity contribution is 0.797. The van der Waals surface area contributed by atoms with Crippen molar-refractivity contribution in [2.45, 2.75) is 26.4 Å². The van der Waals surface area contributed by atoms with Gasteiger partial charge in [0, 0.05) is 24.2 Å². The molecule has 2 aromatic rings. The van der Waals surface area contributed by atoms with E-state index in [1.54, 1.807) is 11.3 Å². The van der Waals surface area contributed by atoms with Gasteiger partial charge in [0.25, 0.3) is 0 Å². The molecule has 0 saturated heterocycles. The largest absolute Gasteiger partial charge is 0.368 e.